The summed E-state index contributed by atoms with van der Waals surface area (Å²) in [4.78, 5) is 12.1. The molecule has 0 bridgehead atoms. The summed E-state index contributed by atoms with van der Waals surface area (Å²) < 4.78 is 1.53. The summed E-state index contributed by atoms with van der Waals surface area (Å²) in [6.45, 7) is 0.103. The van der Waals surface area contributed by atoms with Crippen molar-refractivity contribution < 1.29 is 9.90 Å². The second-order valence-corrected chi connectivity index (χ2v) is 5.12. The summed E-state index contributed by atoms with van der Waals surface area (Å²) in [5.41, 5.74) is 2.07. The van der Waals surface area contributed by atoms with Crippen molar-refractivity contribution >= 4 is 34.8 Å². The van der Waals surface area contributed by atoms with Crippen LogP contribution < -0.4 is 5.32 Å². The quantitative estimate of drug-likeness (QED) is 0.911. The zero-order valence-corrected chi connectivity index (χ0v) is 12.4. The number of aliphatic hydroxyl groups excluding tert-OH is 1. The summed E-state index contributed by atoms with van der Waals surface area (Å²) >= 11 is 11.8. The maximum atomic E-state index is 12.1. The van der Waals surface area contributed by atoms with E-state index in [1.807, 2.05) is 12.1 Å². The highest BCUT2D eigenvalue weighted by molar-refractivity contribution is 6.42. The summed E-state index contributed by atoms with van der Waals surface area (Å²) in [5.74, 6) is -0.281. The number of hydrogen-bond acceptors (Lipinski definition) is 2. The van der Waals surface area contributed by atoms with Gasteiger partial charge in [0.15, 0.2) is 0 Å². The molecule has 0 radical (unpaired) electrons. The molecule has 0 atom stereocenters. The molecule has 1 heterocycles. The predicted octanol–water partition coefficient (Wildman–Crippen LogP) is 3.12. The molecule has 0 saturated heterocycles. The first-order valence-corrected chi connectivity index (χ1v) is 6.80. The molecule has 106 valence electrons. The number of anilines is 1. The zero-order valence-electron chi connectivity index (χ0n) is 10.9. The Bertz CT molecular complexity index is 621. The normalized spacial score (nSPS) is 10.6. The van der Waals surface area contributed by atoms with E-state index in [1.165, 1.54) is 10.6 Å². The fourth-order valence-electron chi connectivity index (χ4n) is 1.84. The number of nitrogens with one attached hydrogen (secondary N) is 1. The number of aliphatic hydroxyl groups is 1. The molecule has 0 aliphatic rings. The molecule has 0 saturated carbocycles. The minimum absolute atomic E-state index is 0.103. The summed E-state index contributed by atoms with van der Waals surface area (Å²) in [6, 6.07) is 8.82. The molecular weight excluding hydrogens is 299 g/mol. The maximum absolute atomic E-state index is 12.1. The Morgan fingerprint density at radius 2 is 1.95 bits per heavy atom. The van der Waals surface area contributed by atoms with Crippen molar-refractivity contribution in [2.24, 2.45) is 7.05 Å². The number of carbonyl (C=O) groups excluding carboxylic acids is 1. The van der Waals surface area contributed by atoms with Crippen molar-refractivity contribution in [1.82, 2.24) is 4.57 Å². The van der Waals surface area contributed by atoms with Crippen LogP contribution in [0.1, 0.15) is 16.1 Å². The van der Waals surface area contributed by atoms with Gasteiger partial charge in [-0.1, -0.05) is 35.3 Å². The Labute approximate surface area is 126 Å². The van der Waals surface area contributed by atoms with Crippen molar-refractivity contribution in [3.8, 4) is 0 Å². The van der Waals surface area contributed by atoms with Crippen LogP contribution in [-0.2, 0) is 13.5 Å². The molecule has 2 N–H and O–H groups in total. The first-order valence-electron chi connectivity index (χ1n) is 6.05. The molecular formula is C14H14Cl2N2O2. The van der Waals surface area contributed by atoms with E-state index >= 15 is 0 Å². The minimum atomic E-state index is -0.281. The minimum Gasteiger partial charge on any atom is -0.396 e. The number of hydrogen-bond donors (Lipinski definition) is 2. The highest BCUT2D eigenvalue weighted by Gasteiger charge is 2.15. The fraction of sp³-hybridized carbons (Fsp3) is 0.214. The summed E-state index contributed by atoms with van der Waals surface area (Å²) in [5, 5.41) is 12.3. The van der Waals surface area contributed by atoms with Gasteiger partial charge in [-0.25, -0.2) is 0 Å². The van der Waals surface area contributed by atoms with Crippen LogP contribution in [0.3, 0.4) is 0 Å². The van der Waals surface area contributed by atoms with Gasteiger partial charge >= 0.3 is 0 Å². The van der Waals surface area contributed by atoms with Crippen molar-refractivity contribution in [3.05, 3.63) is 51.8 Å². The second kappa shape index (κ2) is 6.31. The smallest absolute Gasteiger partial charge is 0.272 e. The SMILES string of the molecule is Cn1c(C(=O)Nc2ccc(CCO)cc2)cc(Cl)c1Cl. The third-order valence-electron chi connectivity index (χ3n) is 2.96. The second-order valence-electron chi connectivity index (χ2n) is 4.35. The molecule has 1 amide bonds. The van der Waals surface area contributed by atoms with Gasteiger partial charge < -0.3 is 15.0 Å². The predicted molar refractivity (Wildman–Crippen MR) is 80.6 cm³/mol. The largest absolute Gasteiger partial charge is 0.396 e. The van der Waals surface area contributed by atoms with Crippen molar-refractivity contribution in [2.75, 3.05) is 11.9 Å². The van der Waals surface area contributed by atoms with E-state index in [-0.39, 0.29) is 12.5 Å². The molecule has 0 unspecified atom stereocenters. The van der Waals surface area contributed by atoms with Gasteiger partial charge in [-0.2, -0.15) is 0 Å². The van der Waals surface area contributed by atoms with Crippen LogP contribution in [0.4, 0.5) is 5.69 Å². The molecule has 2 aromatic rings. The van der Waals surface area contributed by atoms with Crippen molar-refractivity contribution in [2.45, 2.75) is 6.42 Å². The van der Waals surface area contributed by atoms with E-state index < -0.39 is 0 Å². The Morgan fingerprint density at radius 3 is 2.45 bits per heavy atom. The van der Waals surface area contributed by atoms with E-state index in [9.17, 15) is 4.79 Å². The lowest BCUT2D eigenvalue weighted by atomic mass is 10.1. The topological polar surface area (TPSA) is 54.3 Å². The van der Waals surface area contributed by atoms with Crippen molar-refractivity contribution in [1.29, 1.82) is 0 Å². The van der Waals surface area contributed by atoms with E-state index in [0.29, 0.717) is 28.0 Å². The Morgan fingerprint density at radius 1 is 1.30 bits per heavy atom. The van der Waals surface area contributed by atoms with Gasteiger partial charge in [0.05, 0.1) is 5.02 Å². The van der Waals surface area contributed by atoms with Crippen LogP contribution in [0.15, 0.2) is 30.3 Å². The standard InChI is InChI=1S/C14H14Cl2N2O2/c1-18-12(8-11(15)13(18)16)14(20)17-10-4-2-9(3-5-10)6-7-19/h2-5,8,19H,6-7H2,1H3,(H,17,20). The van der Waals surface area contributed by atoms with Crippen LogP contribution in [0.25, 0.3) is 0 Å². The monoisotopic (exact) mass is 312 g/mol. The molecule has 6 heteroatoms. The first-order chi connectivity index (χ1) is 9.52. The molecule has 4 nitrogen and oxygen atoms in total. The van der Waals surface area contributed by atoms with Crippen LogP contribution in [-0.4, -0.2) is 22.2 Å². The van der Waals surface area contributed by atoms with Crippen LogP contribution in [0.2, 0.25) is 10.2 Å². The molecule has 0 spiro atoms. The average molecular weight is 313 g/mol. The average Bonchev–Trinajstić information content (AvgIpc) is 2.69. The van der Waals surface area contributed by atoms with Gasteiger partial charge in [-0.15, -0.1) is 0 Å². The molecule has 20 heavy (non-hydrogen) atoms. The number of rotatable bonds is 4. The Balaban J connectivity index is 2.13. The van der Waals surface area contributed by atoms with Crippen LogP contribution >= 0.6 is 23.2 Å². The van der Waals surface area contributed by atoms with E-state index in [4.69, 9.17) is 28.3 Å². The van der Waals surface area contributed by atoms with E-state index in [2.05, 4.69) is 5.32 Å². The number of carbonyl (C=O) groups is 1. The summed E-state index contributed by atoms with van der Waals surface area (Å²) in [7, 11) is 1.67. The van der Waals surface area contributed by atoms with Crippen LogP contribution in [0.5, 0.6) is 0 Å². The van der Waals surface area contributed by atoms with Crippen molar-refractivity contribution in [3.63, 3.8) is 0 Å². The lowest BCUT2D eigenvalue weighted by Gasteiger charge is -2.07. The number of nitrogens with zero attached hydrogens (tertiary/aromatic N) is 1. The number of benzene rings is 1. The third-order valence-corrected chi connectivity index (χ3v) is 3.80. The number of amides is 1. The zero-order chi connectivity index (χ0) is 14.7. The fourth-order valence-corrected chi connectivity index (χ4v) is 2.21. The van der Waals surface area contributed by atoms with Crippen LogP contribution in [0, 0.1) is 0 Å². The molecule has 2 rings (SSSR count). The van der Waals surface area contributed by atoms with Gasteiger partial charge in [0.2, 0.25) is 0 Å². The van der Waals surface area contributed by atoms with Gasteiger partial charge in [0, 0.05) is 19.3 Å². The summed E-state index contributed by atoms with van der Waals surface area (Å²) in [6.07, 6.45) is 0.594. The highest BCUT2D eigenvalue weighted by Crippen LogP contribution is 2.25. The van der Waals surface area contributed by atoms with Gasteiger partial charge in [-0.05, 0) is 30.2 Å². The maximum Gasteiger partial charge on any atom is 0.272 e. The van der Waals surface area contributed by atoms with E-state index in [1.54, 1.807) is 19.2 Å². The lowest BCUT2D eigenvalue weighted by Crippen LogP contribution is -2.15. The third kappa shape index (κ3) is 3.15. The Kier molecular flexibility index (Phi) is 4.70. The molecule has 1 aromatic heterocycles. The number of halogens is 2. The van der Waals surface area contributed by atoms with Gasteiger partial charge in [0.25, 0.3) is 5.91 Å². The van der Waals surface area contributed by atoms with Gasteiger partial charge in [0.1, 0.15) is 10.8 Å². The number of aromatic nitrogens is 1. The molecule has 0 aliphatic heterocycles. The Hall–Kier alpha value is -1.49. The molecule has 0 aliphatic carbocycles. The highest BCUT2D eigenvalue weighted by atomic mass is 35.5. The van der Waals surface area contributed by atoms with E-state index in [0.717, 1.165) is 5.56 Å². The van der Waals surface area contributed by atoms with Gasteiger partial charge in [-0.3, -0.25) is 4.79 Å². The first kappa shape index (κ1) is 14.9. The molecule has 1 aromatic carbocycles. The molecule has 0 fully saturated rings. The lowest BCUT2D eigenvalue weighted by molar-refractivity contribution is 0.101.